The van der Waals surface area contributed by atoms with Gasteiger partial charge in [0.1, 0.15) is 5.03 Å². The number of benzene rings is 1. The summed E-state index contributed by atoms with van der Waals surface area (Å²) in [5.41, 5.74) is 2.33. The number of terminal acetylenes is 1. The first kappa shape index (κ1) is 27.9. The molecule has 216 valence electrons. The number of aromatic amines is 1. The zero-order chi connectivity index (χ0) is 28.7. The molecule has 1 unspecified atom stereocenters. The molecule has 3 aliphatic heterocycles. The molecule has 2 saturated heterocycles. The molecule has 6 rings (SSSR count). The topological polar surface area (TPSA) is 110 Å². The summed E-state index contributed by atoms with van der Waals surface area (Å²) in [5.74, 6) is 2.45. The van der Waals surface area contributed by atoms with E-state index in [0.29, 0.717) is 22.5 Å². The Labute approximate surface area is 244 Å². The van der Waals surface area contributed by atoms with Crippen LogP contribution in [0, 0.1) is 12.3 Å². The fourth-order valence-electron chi connectivity index (χ4n) is 5.99. The summed E-state index contributed by atoms with van der Waals surface area (Å²) in [6, 6.07) is 6.48. The van der Waals surface area contributed by atoms with Crippen LogP contribution in [0.4, 0.5) is 0 Å². The van der Waals surface area contributed by atoms with E-state index in [1.807, 2.05) is 4.90 Å². The van der Waals surface area contributed by atoms with Gasteiger partial charge in [-0.25, -0.2) is 13.4 Å². The molecule has 2 fully saturated rings. The number of carbonyl (C=O) groups excluding carboxylic acids is 2. The van der Waals surface area contributed by atoms with Gasteiger partial charge in [0.25, 0.3) is 15.9 Å². The second kappa shape index (κ2) is 11.2. The summed E-state index contributed by atoms with van der Waals surface area (Å²) in [6.45, 7) is 3.68. The van der Waals surface area contributed by atoms with Crippen molar-refractivity contribution in [1.29, 1.82) is 0 Å². The average Bonchev–Trinajstić information content (AvgIpc) is 3.74. The molecule has 0 radical (unpaired) electrons. The van der Waals surface area contributed by atoms with Gasteiger partial charge < -0.3 is 19.7 Å². The lowest BCUT2D eigenvalue weighted by molar-refractivity contribution is -0.130. The predicted molar refractivity (Wildman–Crippen MR) is 157 cm³/mol. The number of thiazole rings is 1. The number of likely N-dealkylation sites (N-methyl/N-ethyl adjacent to an activating group) is 1. The zero-order valence-corrected chi connectivity index (χ0v) is 24.8. The molecule has 10 nitrogen and oxygen atoms in total. The van der Waals surface area contributed by atoms with Crippen molar-refractivity contribution in [2.24, 2.45) is 0 Å². The van der Waals surface area contributed by atoms with Gasteiger partial charge in [0, 0.05) is 86.0 Å². The van der Waals surface area contributed by atoms with E-state index in [1.165, 1.54) is 15.6 Å². The Hall–Kier alpha value is -3.24. The van der Waals surface area contributed by atoms with Gasteiger partial charge >= 0.3 is 0 Å². The van der Waals surface area contributed by atoms with Crippen molar-refractivity contribution in [3.05, 3.63) is 45.4 Å². The Balaban J connectivity index is 1.24. The van der Waals surface area contributed by atoms with Crippen molar-refractivity contribution < 1.29 is 18.0 Å². The molecule has 3 aliphatic rings. The fourth-order valence-corrected chi connectivity index (χ4v) is 8.61. The number of nitrogens with zero attached hydrogens (tertiary/aromatic N) is 5. The van der Waals surface area contributed by atoms with Crippen molar-refractivity contribution in [3.8, 4) is 12.3 Å². The van der Waals surface area contributed by atoms with Crippen LogP contribution >= 0.6 is 11.3 Å². The number of hydrogen-bond acceptors (Lipinski definition) is 7. The minimum absolute atomic E-state index is 0.0579. The van der Waals surface area contributed by atoms with Crippen LogP contribution < -0.4 is 0 Å². The zero-order valence-electron chi connectivity index (χ0n) is 23.1. The number of H-pyrrole nitrogens is 1. The standard InChI is InChI=1S/C29H34N6O4S2/c1-3-20-6-8-23-21(16-20)17-26(30-23)41(38,39)34-14-15-35(22(18-34)7-9-27(36)33-11-4-5-12-33)29(37)28-31-24-10-13-32(2)19-25(24)40-28/h1,6,8,16-17,22,30H,4-5,7,9-15,18-19H2,2H3. The first-order valence-electron chi connectivity index (χ1n) is 14.1. The first-order chi connectivity index (χ1) is 19.7. The number of hydrogen-bond donors (Lipinski definition) is 1. The average molecular weight is 595 g/mol. The molecule has 12 heteroatoms. The van der Waals surface area contributed by atoms with Crippen molar-refractivity contribution in [1.82, 2.24) is 29.0 Å². The Morgan fingerprint density at radius 3 is 2.73 bits per heavy atom. The van der Waals surface area contributed by atoms with Crippen LogP contribution in [-0.4, -0.2) is 102 Å². The summed E-state index contributed by atoms with van der Waals surface area (Å²) in [4.78, 5) is 41.3. The summed E-state index contributed by atoms with van der Waals surface area (Å²) in [6.07, 6.45) is 8.99. The number of aromatic nitrogens is 2. The Morgan fingerprint density at radius 2 is 1.95 bits per heavy atom. The van der Waals surface area contributed by atoms with Crippen molar-refractivity contribution in [2.45, 2.75) is 49.7 Å². The molecule has 41 heavy (non-hydrogen) atoms. The second-order valence-corrected chi connectivity index (χ2v) is 14.1. The molecule has 1 atom stereocenters. The van der Waals surface area contributed by atoms with E-state index in [1.54, 1.807) is 29.2 Å². The molecule has 0 aliphatic carbocycles. The van der Waals surface area contributed by atoms with E-state index in [2.05, 4.69) is 27.8 Å². The maximum absolute atomic E-state index is 13.8. The van der Waals surface area contributed by atoms with Crippen LogP contribution in [-0.2, 0) is 27.8 Å². The van der Waals surface area contributed by atoms with E-state index in [4.69, 9.17) is 6.42 Å². The minimum Gasteiger partial charge on any atom is -0.345 e. The predicted octanol–water partition coefficient (Wildman–Crippen LogP) is 2.51. The van der Waals surface area contributed by atoms with E-state index >= 15 is 0 Å². The highest BCUT2D eigenvalue weighted by Gasteiger charge is 2.39. The first-order valence-corrected chi connectivity index (χ1v) is 16.3. The Morgan fingerprint density at radius 1 is 1.15 bits per heavy atom. The third kappa shape index (κ3) is 5.51. The smallest absolute Gasteiger partial charge is 0.283 e. The molecule has 1 N–H and O–H groups in total. The van der Waals surface area contributed by atoms with E-state index in [9.17, 15) is 18.0 Å². The summed E-state index contributed by atoms with van der Waals surface area (Å²) in [5, 5.41) is 1.25. The molecular weight excluding hydrogens is 560 g/mol. The van der Waals surface area contributed by atoms with E-state index < -0.39 is 16.1 Å². The lowest BCUT2D eigenvalue weighted by atomic mass is 10.1. The molecule has 3 aromatic rings. The lowest BCUT2D eigenvalue weighted by Gasteiger charge is -2.40. The Bertz CT molecular complexity index is 1630. The Kier molecular flexibility index (Phi) is 7.63. The van der Waals surface area contributed by atoms with Gasteiger partial charge in [0.15, 0.2) is 5.01 Å². The van der Waals surface area contributed by atoms with Gasteiger partial charge in [-0.15, -0.1) is 17.8 Å². The van der Waals surface area contributed by atoms with Crippen LogP contribution in [0.3, 0.4) is 0 Å². The number of likely N-dealkylation sites (tertiary alicyclic amines) is 1. The minimum atomic E-state index is -3.88. The maximum atomic E-state index is 13.8. The molecule has 0 spiro atoms. The third-order valence-electron chi connectivity index (χ3n) is 8.34. The number of rotatable bonds is 6. The number of piperazine rings is 1. The number of fused-ring (bicyclic) bond motifs is 2. The third-order valence-corrected chi connectivity index (χ3v) is 11.2. The molecular formula is C29H34N6O4S2. The van der Waals surface area contributed by atoms with Gasteiger partial charge in [0.05, 0.1) is 5.69 Å². The highest BCUT2D eigenvalue weighted by molar-refractivity contribution is 7.89. The molecule has 2 aromatic heterocycles. The quantitative estimate of drug-likeness (QED) is 0.440. The highest BCUT2D eigenvalue weighted by Crippen LogP contribution is 2.29. The number of carbonyl (C=O) groups is 2. The molecule has 0 bridgehead atoms. The molecule has 5 heterocycles. The van der Waals surface area contributed by atoms with Crippen LogP contribution in [0.2, 0.25) is 0 Å². The van der Waals surface area contributed by atoms with Gasteiger partial charge in [-0.3, -0.25) is 9.59 Å². The van der Waals surface area contributed by atoms with Crippen molar-refractivity contribution >= 4 is 44.1 Å². The monoisotopic (exact) mass is 594 g/mol. The van der Waals surface area contributed by atoms with Crippen LogP contribution in [0.1, 0.15) is 51.6 Å². The summed E-state index contributed by atoms with van der Waals surface area (Å²) >= 11 is 1.43. The highest BCUT2D eigenvalue weighted by atomic mass is 32.2. The molecule has 0 saturated carbocycles. The summed E-state index contributed by atoms with van der Waals surface area (Å²) in [7, 11) is -1.82. The van der Waals surface area contributed by atoms with Gasteiger partial charge in [-0.05, 0) is 50.6 Å². The second-order valence-electron chi connectivity index (χ2n) is 11.1. The summed E-state index contributed by atoms with van der Waals surface area (Å²) < 4.78 is 29.0. The molecule has 1 aromatic carbocycles. The maximum Gasteiger partial charge on any atom is 0.283 e. The van der Waals surface area contributed by atoms with Gasteiger partial charge in [-0.2, -0.15) is 4.31 Å². The van der Waals surface area contributed by atoms with Crippen LogP contribution in [0.25, 0.3) is 10.9 Å². The number of sulfonamides is 1. The van der Waals surface area contributed by atoms with Crippen LogP contribution in [0.5, 0.6) is 0 Å². The van der Waals surface area contributed by atoms with Gasteiger partial charge in [-0.1, -0.05) is 5.92 Å². The normalized spacial score (nSPS) is 20.3. The molecule has 2 amide bonds. The van der Waals surface area contributed by atoms with Crippen LogP contribution in [0.15, 0.2) is 29.3 Å². The number of nitrogens with one attached hydrogen (secondary N) is 1. The van der Waals surface area contributed by atoms with E-state index in [-0.39, 0.29) is 42.9 Å². The fraction of sp³-hybridized carbons (Fsp3) is 0.483. The van der Waals surface area contributed by atoms with Crippen molar-refractivity contribution in [3.63, 3.8) is 0 Å². The lowest BCUT2D eigenvalue weighted by Crippen LogP contribution is -2.56. The largest absolute Gasteiger partial charge is 0.345 e. The van der Waals surface area contributed by atoms with Gasteiger partial charge in [0.2, 0.25) is 5.91 Å². The SMILES string of the molecule is C#Cc1ccc2[nH]c(S(=O)(=O)N3CCN(C(=O)c4nc5c(s4)CN(C)CC5)C(CCC(=O)N4CCCC4)C3)cc2c1. The van der Waals surface area contributed by atoms with Crippen molar-refractivity contribution in [2.75, 3.05) is 46.3 Å². The number of amides is 2. The van der Waals surface area contributed by atoms with E-state index in [0.717, 1.165) is 61.4 Å².